The van der Waals surface area contributed by atoms with Gasteiger partial charge in [0.2, 0.25) is 0 Å². The van der Waals surface area contributed by atoms with Crippen molar-refractivity contribution in [3.63, 3.8) is 0 Å². The van der Waals surface area contributed by atoms with Gasteiger partial charge in [-0.15, -0.1) is 0 Å². The summed E-state index contributed by atoms with van der Waals surface area (Å²) in [5.74, 6) is -1.14. The molecule has 320 valence electrons. The molecule has 0 bridgehead atoms. The van der Waals surface area contributed by atoms with Gasteiger partial charge >= 0.3 is 19.8 Å². The van der Waals surface area contributed by atoms with Gasteiger partial charge in [0.05, 0.1) is 32.0 Å². The van der Waals surface area contributed by atoms with E-state index in [0.717, 1.165) is 44.4 Å². The number of hydrogen-bond donors (Lipinski definition) is 5. The highest BCUT2D eigenvalue weighted by Crippen LogP contribution is 2.43. The lowest BCUT2D eigenvalue weighted by molar-refractivity contribution is -0.161. The number of rotatable bonds is 34. The number of ketones is 1. The van der Waals surface area contributed by atoms with Crippen LogP contribution in [-0.2, 0) is 37.5 Å². The van der Waals surface area contributed by atoms with Crippen molar-refractivity contribution in [2.45, 2.75) is 174 Å². The maximum atomic E-state index is 12.7. The van der Waals surface area contributed by atoms with Crippen LogP contribution in [0.3, 0.4) is 0 Å². The van der Waals surface area contributed by atoms with Gasteiger partial charge in [-0.05, 0) is 38.0 Å². The number of Topliss-reactive ketones (excluding diaryl/α,β-unsaturated/α-hetero) is 1. The predicted octanol–water partition coefficient (Wildman–Crippen LogP) is 7.06. The number of carbonyl (C=O) groups is 3. The van der Waals surface area contributed by atoms with Crippen LogP contribution in [0.5, 0.6) is 0 Å². The van der Waals surface area contributed by atoms with Gasteiger partial charge in [0.15, 0.2) is 6.10 Å². The van der Waals surface area contributed by atoms with Crippen molar-refractivity contribution >= 4 is 25.5 Å². The molecule has 0 aromatic heterocycles. The van der Waals surface area contributed by atoms with Crippen LogP contribution in [0.2, 0.25) is 0 Å². The number of hydrogen-bond acceptors (Lipinski definition) is 12. The smallest absolute Gasteiger partial charge is 0.462 e. The maximum absolute atomic E-state index is 12.7. The fourth-order valence-electron chi connectivity index (χ4n) is 6.30. The summed E-state index contributed by atoms with van der Waals surface area (Å²) in [6, 6.07) is 0. The summed E-state index contributed by atoms with van der Waals surface area (Å²) in [5, 5.41) is 39.0. The highest BCUT2D eigenvalue weighted by Gasteiger charge is 2.39. The average Bonchev–Trinajstić information content (AvgIpc) is 3.43. The first-order valence-corrected chi connectivity index (χ1v) is 22.3. The molecular formula is C41H73O13P. The first-order chi connectivity index (χ1) is 26.3. The lowest BCUT2D eigenvalue weighted by atomic mass is 9.90. The highest BCUT2D eigenvalue weighted by molar-refractivity contribution is 7.47. The molecule has 0 radical (unpaired) electrons. The predicted molar refractivity (Wildman–Crippen MR) is 211 cm³/mol. The van der Waals surface area contributed by atoms with Crippen LogP contribution in [0.1, 0.15) is 149 Å². The Morgan fingerprint density at radius 3 is 2.16 bits per heavy atom. The zero-order valence-electron chi connectivity index (χ0n) is 33.8. The fourth-order valence-corrected chi connectivity index (χ4v) is 7.09. The summed E-state index contributed by atoms with van der Waals surface area (Å²) in [5.41, 5.74) is 0. The quantitative estimate of drug-likeness (QED) is 0.0192. The first-order valence-electron chi connectivity index (χ1n) is 20.8. The van der Waals surface area contributed by atoms with Gasteiger partial charge in [-0.3, -0.25) is 23.4 Å². The Kier molecular flexibility index (Phi) is 28.9. The number of esters is 2. The van der Waals surface area contributed by atoms with E-state index in [1.165, 1.54) is 38.5 Å². The molecule has 0 aromatic rings. The summed E-state index contributed by atoms with van der Waals surface area (Å²) in [7, 11) is -4.69. The second-order valence-corrected chi connectivity index (χ2v) is 16.5. The summed E-state index contributed by atoms with van der Waals surface area (Å²) in [6.07, 6.45) is 19.5. The number of phosphoric ester groups is 1. The lowest BCUT2D eigenvalue weighted by Crippen LogP contribution is -2.29. The Morgan fingerprint density at radius 2 is 1.49 bits per heavy atom. The molecule has 1 aliphatic rings. The molecule has 1 aliphatic carbocycles. The van der Waals surface area contributed by atoms with E-state index in [1.807, 2.05) is 12.2 Å². The van der Waals surface area contributed by atoms with E-state index in [-0.39, 0.29) is 31.0 Å². The van der Waals surface area contributed by atoms with Gasteiger partial charge in [-0.2, -0.15) is 0 Å². The number of aliphatic hydroxyl groups excluding tert-OH is 4. The second kappa shape index (κ2) is 31.1. The monoisotopic (exact) mass is 804 g/mol. The molecule has 0 aromatic carbocycles. The minimum atomic E-state index is -4.69. The van der Waals surface area contributed by atoms with Crippen molar-refractivity contribution in [3.8, 4) is 0 Å². The molecule has 13 nitrogen and oxygen atoms in total. The van der Waals surface area contributed by atoms with Crippen LogP contribution in [0.15, 0.2) is 24.3 Å². The normalized spacial score (nSPS) is 20.8. The van der Waals surface area contributed by atoms with Gasteiger partial charge in [-0.25, -0.2) is 4.57 Å². The maximum Gasteiger partial charge on any atom is 0.472 e. The Balaban J connectivity index is 2.53. The van der Waals surface area contributed by atoms with E-state index < -0.39 is 76.5 Å². The van der Waals surface area contributed by atoms with Crippen molar-refractivity contribution in [1.82, 2.24) is 0 Å². The van der Waals surface area contributed by atoms with E-state index >= 15 is 0 Å². The molecule has 5 N–H and O–H groups in total. The first kappa shape index (κ1) is 51.1. The largest absolute Gasteiger partial charge is 0.472 e. The van der Waals surface area contributed by atoms with Crippen LogP contribution >= 0.6 is 7.82 Å². The number of phosphoric acid groups is 1. The van der Waals surface area contributed by atoms with Crippen LogP contribution in [0, 0.1) is 17.8 Å². The molecule has 0 saturated heterocycles. The van der Waals surface area contributed by atoms with E-state index in [0.29, 0.717) is 32.1 Å². The van der Waals surface area contributed by atoms with Crippen LogP contribution in [0.25, 0.3) is 0 Å². The molecule has 1 fully saturated rings. The Labute approximate surface area is 329 Å². The molecule has 0 aliphatic heterocycles. The third kappa shape index (κ3) is 25.8. The number of carbonyl (C=O) groups excluding carboxylic acids is 3. The third-order valence-corrected chi connectivity index (χ3v) is 11.0. The number of aliphatic hydroxyl groups is 4. The number of allylic oxidation sites excluding steroid dienone is 3. The van der Waals surface area contributed by atoms with Crippen molar-refractivity contribution < 1.29 is 62.8 Å². The molecule has 1 saturated carbocycles. The average molecular weight is 805 g/mol. The van der Waals surface area contributed by atoms with E-state index in [9.17, 15) is 39.2 Å². The summed E-state index contributed by atoms with van der Waals surface area (Å²) < 4.78 is 32.6. The zero-order chi connectivity index (χ0) is 40.9. The Bertz CT molecular complexity index is 1150. The third-order valence-electron chi connectivity index (χ3n) is 10.0. The van der Waals surface area contributed by atoms with Gasteiger partial charge < -0.3 is 34.8 Å². The van der Waals surface area contributed by atoms with Gasteiger partial charge in [0, 0.05) is 31.1 Å². The SMILES string of the molecule is CCCCC[C@H](O)/C=C/[C@H]1C(=O)C[C@H](O)[C@@H]1C/C=C\CCCC(=O)O[C@H](COC(=O)CCCCCCCCCCC(C)CC)COP(=O)(O)OC[C@@H](O)CO. The van der Waals surface area contributed by atoms with E-state index in [1.54, 1.807) is 12.2 Å². The van der Waals surface area contributed by atoms with E-state index in [2.05, 4.69) is 25.3 Å². The lowest BCUT2D eigenvalue weighted by Gasteiger charge is -2.20. The molecule has 55 heavy (non-hydrogen) atoms. The standard InChI is InChI=1S/C41H73O13P/c1-4-6-15-21-33(43)25-26-37-36(38(45)27-39(37)46)22-17-13-14-19-24-41(48)54-35(31-53-55(49,50)52-29-34(44)28-42)30-51-40(47)23-18-12-10-8-7-9-11-16-20-32(3)5-2/h13,17,25-26,32-38,42-45H,4-12,14-16,18-24,27-31H2,1-3H3,(H,49,50)/b17-13-,26-25+/t32?,33-,34-,35+,36+,37+,38-/m0/s1. The molecule has 8 atom stereocenters. The minimum absolute atomic E-state index is 0.00551. The molecule has 0 spiro atoms. The number of ether oxygens (including phenoxy) is 2. The van der Waals surface area contributed by atoms with E-state index in [4.69, 9.17) is 19.1 Å². The highest BCUT2D eigenvalue weighted by atomic mass is 31.2. The van der Waals surface area contributed by atoms with Crippen LogP contribution in [0.4, 0.5) is 0 Å². The molecule has 14 heteroatoms. The van der Waals surface area contributed by atoms with Crippen molar-refractivity contribution in [2.75, 3.05) is 26.4 Å². The summed E-state index contributed by atoms with van der Waals surface area (Å²) in [4.78, 5) is 47.6. The fraction of sp³-hybridized carbons (Fsp3) is 0.829. The van der Waals surface area contributed by atoms with Gasteiger partial charge in [0.1, 0.15) is 18.5 Å². The minimum Gasteiger partial charge on any atom is -0.462 e. The summed E-state index contributed by atoms with van der Waals surface area (Å²) >= 11 is 0. The van der Waals surface area contributed by atoms with Crippen molar-refractivity contribution in [2.24, 2.45) is 17.8 Å². The van der Waals surface area contributed by atoms with Gasteiger partial charge in [-0.1, -0.05) is 122 Å². The molecule has 0 amide bonds. The molecule has 0 heterocycles. The van der Waals surface area contributed by atoms with Gasteiger partial charge in [0.25, 0.3) is 0 Å². The zero-order valence-corrected chi connectivity index (χ0v) is 34.7. The molecular weight excluding hydrogens is 731 g/mol. The molecule has 2 unspecified atom stereocenters. The Hall–Kier alpha value is -1.96. The second-order valence-electron chi connectivity index (χ2n) is 15.0. The summed E-state index contributed by atoms with van der Waals surface area (Å²) in [6.45, 7) is 4.25. The Morgan fingerprint density at radius 1 is 0.855 bits per heavy atom. The van der Waals surface area contributed by atoms with Crippen molar-refractivity contribution in [3.05, 3.63) is 24.3 Å². The van der Waals surface area contributed by atoms with Crippen LogP contribution in [-0.4, -0.2) is 93.9 Å². The number of unbranched alkanes of at least 4 members (excludes halogenated alkanes) is 10. The molecule has 1 rings (SSSR count). The van der Waals surface area contributed by atoms with Crippen LogP contribution < -0.4 is 0 Å². The topological polar surface area (TPSA) is 206 Å². The van der Waals surface area contributed by atoms with Crippen molar-refractivity contribution in [1.29, 1.82) is 0 Å².